The molecule has 0 radical (unpaired) electrons. The number of amides is 1. The van der Waals surface area contributed by atoms with Crippen LogP contribution in [0, 0.1) is 0 Å². The first-order valence-electron chi connectivity index (χ1n) is 6.32. The largest absolute Gasteiger partial charge is 0.494 e. The summed E-state index contributed by atoms with van der Waals surface area (Å²) >= 11 is 0. The molecule has 0 fully saturated rings. The van der Waals surface area contributed by atoms with Gasteiger partial charge in [-0.2, -0.15) is 0 Å². The Kier molecular flexibility index (Phi) is 6.22. The van der Waals surface area contributed by atoms with E-state index in [1.54, 1.807) is 6.92 Å². The third-order valence-corrected chi connectivity index (χ3v) is 2.40. The van der Waals surface area contributed by atoms with Crippen LogP contribution in [0.15, 0.2) is 24.3 Å². The molecule has 0 saturated carbocycles. The van der Waals surface area contributed by atoms with Gasteiger partial charge in [-0.3, -0.25) is 4.79 Å². The Morgan fingerprint density at radius 1 is 1.39 bits per heavy atom. The molecule has 0 bridgehead atoms. The van der Waals surface area contributed by atoms with Gasteiger partial charge in [-0.05, 0) is 44.0 Å². The summed E-state index contributed by atoms with van der Waals surface area (Å²) in [5, 5.41) is 11.9. The minimum absolute atomic E-state index is 0.0851. The molecule has 1 atom stereocenters. The van der Waals surface area contributed by atoms with Crippen molar-refractivity contribution in [2.24, 2.45) is 0 Å². The first kappa shape index (κ1) is 14.5. The molecule has 2 N–H and O–H groups in total. The van der Waals surface area contributed by atoms with Crippen LogP contribution in [0.3, 0.4) is 0 Å². The van der Waals surface area contributed by atoms with Crippen LogP contribution in [0.1, 0.15) is 33.1 Å². The van der Waals surface area contributed by atoms with Crippen molar-refractivity contribution in [1.82, 2.24) is 0 Å². The summed E-state index contributed by atoms with van der Waals surface area (Å²) < 4.78 is 5.45. The number of carbonyl (C=O) groups is 1. The van der Waals surface area contributed by atoms with Crippen LogP contribution < -0.4 is 10.1 Å². The molecule has 1 aromatic carbocycles. The van der Waals surface area contributed by atoms with Gasteiger partial charge in [-0.25, -0.2) is 0 Å². The van der Waals surface area contributed by atoms with E-state index >= 15 is 0 Å². The maximum atomic E-state index is 11.5. The average Bonchev–Trinajstić information content (AvgIpc) is 2.35. The van der Waals surface area contributed by atoms with Gasteiger partial charge in [0.2, 0.25) is 5.91 Å². The first-order valence-corrected chi connectivity index (χ1v) is 6.32. The zero-order valence-corrected chi connectivity index (χ0v) is 11.0. The van der Waals surface area contributed by atoms with Gasteiger partial charge in [0, 0.05) is 12.1 Å². The van der Waals surface area contributed by atoms with E-state index < -0.39 is 6.10 Å². The standard InChI is InChI=1S/C14H21NO3/c1-3-10-18-13-7-5-12(6-8-13)15-14(17)9-4-11(2)16/h5-8,11,16H,3-4,9-10H2,1-2H3,(H,15,17). The van der Waals surface area contributed by atoms with Crippen LogP contribution in [0.5, 0.6) is 5.75 Å². The van der Waals surface area contributed by atoms with Crippen LogP contribution in [-0.2, 0) is 4.79 Å². The van der Waals surface area contributed by atoms with E-state index in [-0.39, 0.29) is 5.91 Å². The molecule has 100 valence electrons. The summed E-state index contributed by atoms with van der Waals surface area (Å²) in [4.78, 5) is 11.5. The zero-order chi connectivity index (χ0) is 13.4. The summed E-state index contributed by atoms with van der Waals surface area (Å²) in [7, 11) is 0. The van der Waals surface area contributed by atoms with Crippen molar-refractivity contribution in [1.29, 1.82) is 0 Å². The maximum Gasteiger partial charge on any atom is 0.224 e. The SMILES string of the molecule is CCCOc1ccc(NC(=O)CCC(C)O)cc1. The second kappa shape index (κ2) is 7.71. The molecule has 0 aliphatic carbocycles. The van der Waals surface area contributed by atoms with Gasteiger partial charge >= 0.3 is 0 Å². The lowest BCUT2D eigenvalue weighted by atomic mass is 10.2. The highest BCUT2D eigenvalue weighted by Gasteiger charge is 2.04. The number of benzene rings is 1. The van der Waals surface area contributed by atoms with Crippen molar-refractivity contribution in [3.8, 4) is 5.75 Å². The predicted octanol–water partition coefficient (Wildman–Crippen LogP) is 2.57. The van der Waals surface area contributed by atoms with E-state index in [4.69, 9.17) is 9.84 Å². The third kappa shape index (κ3) is 5.68. The Balaban J connectivity index is 2.40. The molecule has 1 unspecified atom stereocenters. The first-order chi connectivity index (χ1) is 8.61. The van der Waals surface area contributed by atoms with Gasteiger partial charge in [0.15, 0.2) is 0 Å². The zero-order valence-electron chi connectivity index (χ0n) is 11.0. The van der Waals surface area contributed by atoms with Crippen molar-refractivity contribution in [2.75, 3.05) is 11.9 Å². The van der Waals surface area contributed by atoms with Crippen LogP contribution >= 0.6 is 0 Å². The number of ether oxygens (including phenoxy) is 1. The molecule has 0 aromatic heterocycles. The molecule has 1 rings (SSSR count). The van der Waals surface area contributed by atoms with E-state index in [1.165, 1.54) is 0 Å². The molecule has 0 aliphatic heterocycles. The summed E-state index contributed by atoms with van der Waals surface area (Å²) in [6.45, 7) is 4.42. The predicted molar refractivity (Wildman–Crippen MR) is 71.8 cm³/mol. The Labute approximate surface area is 108 Å². The second-order valence-corrected chi connectivity index (χ2v) is 4.31. The van der Waals surface area contributed by atoms with Crippen molar-refractivity contribution in [3.05, 3.63) is 24.3 Å². The molecule has 0 saturated heterocycles. The van der Waals surface area contributed by atoms with Crippen LogP contribution in [0.2, 0.25) is 0 Å². The molecule has 4 heteroatoms. The number of aliphatic hydroxyl groups is 1. The van der Waals surface area contributed by atoms with Gasteiger partial charge in [0.1, 0.15) is 5.75 Å². The fourth-order valence-corrected chi connectivity index (χ4v) is 1.42. The van der Waals surface area contributed by atoms with Gasteiger partial charge in [0.25, 0.3) is 0 Å². The third-order valence-electron chi connectivity index (χ3n) is 2.40. The highest BCUT2D eigenvalue weighted by molar-refractivity contribution is 5.90. The smallest absolute Gasteiger partial charge is 0.224 e. The van der Waals surface area contributed by atoms with Crippen LogP contribution in [-0.4, -0.2) is 23.7 Å². The normalized spacial score (nSPS) is 11.9. The minimum Gasteiger partial charge on any atom is -0.494 e. The summed E-state index contributed by atoms with van der Waals surface area (Å²) in [6.07, 6.45) is 1.33. The molecule has 1 aromatic rings. The van der Waals surface area contributed by atoms with E-state index in [2.05, 4.69) is 12.2 Å². The molecule has 0 spiro atoms. The lowest BCUT2D eigenvalue weighted by molar-refractivity contribution is -0.116. The minimum atomic E-state index is -0.444. The molecular formula is C14H21NO3. The Bertz CT molecular complexity index is 360. The Hall–Kier alpha value is -1.55. The van der Waals surface area contributed by atoms with Crippen molar-refractivity contribution < 1.29 is 14.6 Å². The number of rotatable bonds is 7. The monoisotopic (exact) mass is 251 g/mol. The quantitative estimate of drug-likeness (QED) is 0.783. The summed E-state index contributed by atoms with van der Waals surface area (Å²) in [6, 6.07) is 7.29. The number of hydrogen-bond donors (Lipinski definition) is 2. The average molecular weight is 251 g/mol. The fourth-order valence-electron chi connectivity index (χ4n) is 1.42. The number of hydrogen-bond acceptors (Lipinski definition) is 3. The number of nitrogens with one attached hydrogen (secondary N) is 1. The molecule has 18 heavy (non-hydrogen) atoms. The highest BCUT2D eigenvalue weighted by Crippen LogP contribution is 2.16. The van der Waals surface area contributed by atoms with Crippen molar-refractivity contribution in [3.63, 3.8) is 0 Å². The number of aliphatic hydroxyl groups excluding tert-OH is 1. The van der Waals surface area contributed by atoms with Gasteiger partial charge in [0.05, 0.1) is 12.7 Å². The Morgan fingerprint density at radius 3 is 2.61 bits per heavy atom. The summed E-state index contributed by atoms with van der Waals surface area (Å²) in [5.41, 5.74) is 0.745. The number of anilines is 1. The van der Waals surface area contributed by atoms with E-state index in [0.717, 1.165) is 17.9 Å². The molecule has 0 aliphatic rings. The van der Waals surface area contributed by atoms with Crippen LogP contribution in [0.4, 0.5) is 5.69 Å². The van der Waals surface area contributed by atoms with Gasteiger partial charge in [-0.15, -0.1) is 0 Å². The Morgan fingerprint density at radius 2 is 2.06 bits per heavy atom. The topological polar surface area (TPSA) is 58.6 Å². The molecule has 1 amide bonds. The van der Waals surface area contributed by atoms with E-state index in [0.29, 0.717) is 19.4 Å². The number of carbonyl (C=O) groups excluding carboxylic acids is 1. The highest BCUT2D eigenvalue weighted by atomic mass is 16.5. The molecule has 0 heterocycles. The van der Waals surface area contributed by atoms with E-state index in [1.807, 2.05) is 24.3 Å². The van der Waals surface area contributed by atoms with Gasteiger partial charge < -0.3 is 15.2 Å². The fraction of sp³-hybridized carbons (Fsp3) is 0.500. The second-order valence-electron chi connectivity index (χ2n) is 4.31. The van der Waals surface area contributed by atoms with Crippen molar-refractivity contribution >= 4 is 11.6 Å². The molecule has 4 nitrogen and oxygen atoms in total. The lowest BCUT2D eigenvalue weighted by Crippen LogP contribution is -2.13. The molecular weight excluding hydrogens is 230 g/mol. The van der Waals surface area contributed by atoms with E-state index in [9.17, 15) is 4.79 Å². The maximum absolute atomic E-state index is 11.5. The van der Waals surface area contributed by atoms with Crippen LogP contribution in [0.25, 0.3) is 0 Å². The van der Waals surface area contributed by atoms with Gasteiger partial charge in [-0.1, -0.05) is 6.92 Å². The van der Waals surface area contributed by atoms with Crippen molar-refractivity contribution in [2.45, 2.75) is 39.2 Å². The lowest BCUT2D eigenvalue weighted by Gasteiger charge is -2.08. The summed E-state index contributed by atoms with van der Waals surface area (Å²) in [5.74, 6) is 0.719.